The molecular formula is C16H18FN3O2. The molecule has 1 unspecified atom stereocenters. The van der Waals surface area contributed by atoms with Crippen LogP contribution in [0, 0.1) is 19.7 Å². The number of amides is 1. The molecule has 116 valence electrons. The number of imidazole rings is 1. The predicted molar refractivity (Wildman–Crippen MR) is 80.6 cm³/mol. The van der Waals surface area contributed by atoms with Gasteiger partial charge in [0.15, 0.2) is 11.6 Å². The van der Waals surface area contributed by atoms with Crippen molar-refractivity contribution in [2.24, 2.45) is 7.05 Å². The molecule has 3 rings (SSSR count). The molecular weight excluding hydrogens is 285 g/mol. The van der Waals surface area contributed by atoms with E-state index in [0.717, 1.165) is 11.4 Å². The summed E-state index contributed by atoms with van der Waals surface area (Å²) in [4.78, 5) is 16.9. The highest BCUT2D eigenvalue weighted by Crippen LogP contribution is 2.36. The standard InChI is InChI=1S/C16H18FN3O2/c1-9-10(2)20(3)16(18-9)19-15(21)12-7-8-22-14-11(12)5-4-6-13(14)17/h4-6,12H,7-8H2,1-3H3,(H,18,19,21). The Morgan fingerprint density at radius 2 is 2.23 bits per heavy atom. The largest absolute Gasteiger partial charge is 0.490 e. The van der Waals surface area contributed by atoms with Gasteiger partial charge in [0.25, 0.3) is 0 Å². The molecule has 1 aliphatic rings. The Morgan fingerprint density at radius 3 is 2.91 bits per heavy atom. The molecule has 0 fully saturated rings. The van der Waals surface area contributed by atoms with Gasteiger partial charge in [0, 0.05) is 18.3 Å². The average Bonchev–Trinajstić information content (AvgIpc) is 2.74. The van der Waals surface area contributed by atoms with Gasteiger partial charge >= 0.3 is 0 Å². The molecule has 6 heteroatoms. The summed E-state index contributed by atoms with van der Waals surface area (Å²) in [6, 6.07) is 4.67. The van der Waals surface area contributed by atoms with Crippen molar-refractivity contribution < 1.29 is 13.9 Å². The highest BCUT2D eigenvalue weighted by molar-refractivity contribution is 5.95. The van der Waals surface area contributed by atoms with Gasteiger partial charge in [-0.1, -0.05) is 12.1 Å². The Kier molecular flexibility index (Phi) is 3.60. The van der Waals surface area contributed by atoms with E-state index in [1.165, 1.54) is 6.07 Å². The fourth-order valence-electron chi connectivity index (χ4n) is 2.68. The van der Waals surface area contributed by atoms with Crippen molar-refractivity contribution in [2.45, 2.75) is 26.2 Å². The summed E-state index contributed by atoms with van der Waals surface area (Å²) in [5.41, 5.74) is 2.45. The van der Waals surface area contributed by atoms with E-state index in [4.69, 9.17) is 4.74 Å². The second kappa shape index (κ2) is 5.44. The fraction of sp³-hybridized carbons (Fsp3) is 0.375. The molecule has 1 aliphatic heterocycles. The molecule has 1 aromatic heterocycles. The van der Waals surface area contributed by atoms with Gasteiger partial charge in [0.2, 0.25) is 11.9 Å². The Morgan fingerprint density at radius 1 is 1.45 bits per heavy atom. The molecule has 1 amide bonds. The number of hydrogen-bond acceptors (Lipinski definition) is 3. The third-order valence-electron chi connectivity index (χ3n) is 4.20. The number of nitrogens with one attached hydrogen (secondary N) is 1. The highest BCUT2D eigenvalue weighted by Gasteiger charge is 2.30. The SMILES string of the molecule is Cc1nc(NC(=O)C2CCOc3c(F)cccc32)n(C)c1C. The Balaban J connectivity index is 1.88. The Labute approximate surface area is 128 Å². The lowest BCUT2D eigenvalue weighted by Gasteiger charge is -2.25. The number of hydrogen-bond donors (Lipinski definition) is 1. The van der Waals surface area contributed by atoms with Crippen molar-refractivity contribution in [1.82, 2.24) is 9.55 Å². The number of fused-ring (bicyclic) bond motifs is 1. The maximum Gasteiger partial charge on any atom is 0.234 e. The minimum absolute atomic E-state index is 0.182. The number of rotatable bonds is 2. The molecule has 22 heavy (non-hydrogen) atoms. The van der Waals surface area contributed by atoms with E-state index in [0.29, 0.717) is 24.5 Å². The monoisotopic (exact) mass is 303 g/mol. The van der Waals surface area contributed by atoms with Gasteiger partial charge in [0.1, 0.15) is 0 Å². The van der Waals surface area contributed by atoms with Gasteiger partial charge in [0.05, 0.1) is 18.2 Å². The van der Waals surface area contributed by atoms with E-state index < -0.39 is 11.7 Å². The van der Waals surface area contributed by atoms with Crippen LogP contribution in [0.15, 0.2) is 18.2 Å². The van der Waals surface area contributed by atoms with Gasteiger partial charge in [-0.2, -0.15) is 0 Å². The zero-order valence-electron chi connectivity index (χ0n) is 12.8. The van der Waals surface area contributed by atoms with Crippen LogP contribution < -0.4 is 10.1 Å². The van der Waals surface area contributed by atoms with Crippen LogP contribution in [-0.2, 0) is 11.8 Å². The molecule has 0 saturated heterocycles. The van der Waals surface area contributed by atoms with Crippen molar-refractivity contribution >= 4 is 11.9 Å². The van der Waals surface area contributed by atoms with E-state index in [-0.39, 0.29) is 11.7 Å². The number of aryl methyl sites for hydroxylation is 1. The minimum Gasteiger partial charge on any atom is -0.490 e. The zero-order chi connectivity index (χ0) is 15.9. The molecule has 1 aromatic carbocycles. The van der Waals surface area contributed by atoms with E-state index in [1.807, 2.05) is 25.5 Å². The van der Waals surface area contributed by atoms with Gasteiger partial charge in [-0.3, -0.25) is 10.1 Å². The number of nitrogens with zero attached hydrogens (tertiary/aromatic N) is 2. The second-order valence-electron chi connectivity index (χ2n) is 5.50. The van der Waals surface area contributed by atoms with Crippen molar-refractivity contribution in [3.8, 4) is 5.75 Å². The number of benzene rings is 1. The normalized spacial score (nSPS) is 16.8. The lowest BCUT2D eigenvalue weighted by Crippen LogP contribution is -2.28. The van der Waals surface area contributed by atoms with Crippen LogP contribution >= 0.6 is 0 Å². The highest BCUT2D eigenvalue weighted by atomic mass is 19.1. The van der Waals surface area contributed by atoms with Gasteiger partial charge in [-0.05, 0) is 26.3 Å². The van der Waals surface area contributed by atoms with Gasteiger partial charge in [-0.15, -0.1) is 0 Å². The maximum atomic E-state index is 13.8. The quantitative estimate of drug-likeness (QED) is 0.928. The number of para-hydroxylation sites is 1. The molecule has 0 saturated carbocycles. The summed E-state index contributed by atoms with van der Waals surface area (Å²) in [5.74, 6) is -0.371. The molecule has 1 atom stereocenters. The molecule has 2 aromatic rings. The van der Waals surface area contributed by atoms with E-state index in [1.54, 1.807) is 12.1 Å². The lowest BCUT2D eigenvalue weighted by molar-refractivity contribution is -0.118. The van der Waals surface area contributed by atoms with Crippen LogP contribution in [0.2, 0.25) is 0 Å². The lowest BCUT2D eigenvalue weighted by atomic mass is 9.92. The first-order valence-corrected chi connectivity index (χ1v) is 7.21. The van der Waals surface area contributed by atoms with Gasteiger partial charge in [-0.25, -0.2) is 9.37 Å². The summed E-state index contributed by atoms with van der Waals surface area (Å²) < 4.78 is 21.0. The van der Waals surface area contributed by atoms with Crippen LogP contribution in [-0.4, -0.2) is 22.1 Å². The first-order valence-electron chi connectivity index (χ1n) is 7.21. The van der Waals surface area contributed by atoms with Crippen LogP contribution in [0.1, 0.15) is 29.3 Å². The van der Waals surface area contributed by atoms with Crippen LogP contribution in [0.3, 0.4) is 0 Å². The van der Waals surface area contributed by atoms with Crippen molar-refractivity contribution in [3.05, 3.63) is 41.0 Å². The molecule has 0 bridgehead atoms. The first kappa shape index (κ1) is 14.6. The molecule has 0 radical (unpaired) electrons. The van der Waals surface area contributed by atoms with Crippen LogP contribution in [0.25, 0.3) is 0 Å². The van der Waals surface area contributed by atoms with Crippen molar-refractivity contribution in [2.75, 3.05) is 11.9 Å². The number of aromatic nitrogens is 2. The molecule has 0 aliphatic carbocycles. The summed E-state index contributed by atoms with van der Waals surface area (Å²) in [5, 5.41) is 2.84. The summed E-state index contributed by atoms with van der Waals surface area (Å²) >= 11 is 0. The topological polar surface area (TPSA) is 56.1 Å². The van der Waals surface area contributed by atoms with E-state index in [2.05, 4.69) is 10.3 Å². The smallest absolute Gasteiger partial charge is 0.234 e. The minimum atomic E-state index is -0.434. The molecule has 1 N–H and O–H groups in total. The number of anilines is 1. The third-order valence-corrected chi connectivity index (χ3v) is 4.20. The predicted octanol–water partition coefficient (Wildman–Crippen LogP) is 2.68. The number of carbonyl (C=O) groups excluding carboxylic acids is 1. The Bertz CT molecular complexity index is 739. The summed E-state index contributed by atoms with van der Waals surface area (Å²) in [7, 11) is 1.85. The maximum absolute atomic E-state index is 13.8. The number of halogens is 1. The van der Waals surface area contributed by atoms with Crippen LogP contribution in [0.5, 0.6) is 5.75 Å². The number of carbonyl (C=O) groups is 1. The number of ether oxygens (including phenoxy) is 1. The third kappa shape index (κ3) is 2.34. The first-order chi connectivity index (χ1) is 10.5. The van der Waals surface area contributed by atoms with Crippen LogP contribution in [0.4, 0.5) is 10.3 Å². The second-order valence-corrected chi connectivity index (χ2v) is 5.50. The zero-order valence-corrected chi connectivity index (χ0v) is 12.8. The summed E-state index contributed by atoms with van der Waals surface area (Å²) in [6.07, 6.45) is 0.519. The Hall–Kier alpha value is -2.37. The molecule has 5 nitrogen and oxygen atoms in total. The van der Waals surface area contributed by atoms with Crippen molar-refractivity contribution in [1.29, 1.82) is 0 Å². The van der Waals surface area contributed by atoms with Crippen molar-refractivity contribution in [3.63, 3.8) is 0 Å². The van der Waals surface area contributed by atoms with E-state index >= 15 is 0 Å². The average molecular weight is 303 g/mol. The van der Waals surface area contributed by atoms with E-state index in [9.17, 15) is 9.18 Å². The molecule has 2 heterocycles. The van der Waals surface area contributed by atoms with Gasteiger partial charge < -0.3 is 9.30 Å². The summed E-state index contributed by atoms with van der Waals surface area (Å²) in [6.45, 7) is 4.16. The molecule has 0 spiro atoms. The fourth-order valence-corrected chi connectivity index (χ4v) is 2.68.